The smallest absolute Gasteiger partial charge is 0.339 e. The highest BCUT2D eigenvalue weighted by atomic mass is 32.2. The fourth-order valence-corrected chi connectivity index (χ4v) is 2.36. The number of carbonyl (C=O) groups is 1. The summed E-state index contributed by atoms with van der Waals surface area (Å²) in [6, 6.07) is 8.92. The Morgan fingerprint density at radius 3 is 2.59 bits per heavy atom. The molecule has 1 aliphatic heterocycles. The Balaban J connectivity index is 1.81. The number of allylic oxidation sites excluding steroid dienone is 2. The molecule has 0 atom stereocenters. The first-order valence-corrected chi connectivity index (χ1v) is 6.68. The summed E-state index contributed by atoms with van der Waals surface area (Å²) >= 11 is 0. The summed E-state index contributed by atoms with van der Waals surface area (Å²) < 4.78 is 5.04. The molecule has 2 rings (SSSR count). The van der Waals surface area contributed by atoms with E-state index in [4.69, 9.17) is 4.74 Å². The third-order valence-electron chi connectivity index (χ3n) is 2.10. The van der Waals surface area contributed by atoms with Crippen molar-refractivity contribution in [3.05, 3.63) is 58.9 Å². The lowest BCUT2D eigenvalue weighted by molar-refractivity contribution is 0.0556. The van der Waals surface area contributed by atoms with Gasteiger partial charge in [0.2, 0.25) is 0 Å². The molecule has 0 N–H and O–H groups in total. The maximum absolute atomic E-state index is 11.5. The fourth-order valence-electron chi connectivity index (χ4n) is 1.29. The molecule has 0 fully saturated rings. The molecule has 0 aromatic heterocycles. The van der Waals surface area contributed by atoms with Gasteiger partial charge in [0, 0.05) is 0 Å². The highest BCUT2D eigenvalue weighted by Gasteiger charge is 2.03. The van der Waals surface area contributed by atoms with Crippen LogP contribution in [0.15, 0.2) is 53.3 Å². The van der Waals surface area contributed by atoms with Crippen LogP contribution in [0.2, 0.25) is 0 Å². The molecule has 17 heavy (non-hydrogen) atoms. The van der Waals surface area contributed by atoms with E-state index in [-0.39, 0.29) is 12.6 Å². The second kappa shape index (κ2) is 5.97. The maximum Gasteiger partial charge on any atom is 0.339 e. The van der Waals surface area contributed by atoms with Crippen molar-refractivity contribution in [2.45, 2.75) is 0 Å². The number of benzene rings is 1. The lowest BCUT2D eigenvalue weighted by Crippen LogP contribution is -2.04. The van der Waals surface area contributed by atoms with Crippen molar-refractivity contribution in [1.82, 2.24) is 0 Å². The molecule has 3 heteroatoms. The van der Waals surface area contributed by atoms with Crippen molar-refractivity contribution >= 4 is 16.9 Å². The topological polar surface area (TPSA) is 26.3 Å². The first-order valence-electron chi connectivity index (χ1n) is 5.20. The van der Waals surface area contributed by atoms with Gasteiger partial charge < -0.3 is 4.74 Å². The normalized spacial score (nSPS) is 14.2. The van der Waals surface area contributed by atoms with E-state index in [1.54, 1.807) is 24.3 Å². The SMILES string of the molecule is O=C(OCC#C[SH]1C=CC=C1)c1ccccc1. The molecule has 86 valence electrons. The standard InChI is InChI=1S/C14H12O2S/c15-14(13-7-2-1-3-8-13)16-9-6-12-17-10-4-5-11-17/h1-5,7-8,10-11,17H,9H2. The van der Waals surface area contributed by atoms with E-state index >= 15 is 0 Å². The van der Waals surface area contributed by atoms with Crippen LogP contribution >= 0.6 is 10.9 Å². The van der Waals surface area contributed by atoms with Crippen molar-refractivity contribution in [3.63, 3.8) is 0 Å². The van der Waals surface area contributed by atoms with Crippen LogP contribution in [-0.2, 0) is 4.74 Å². The van der Waals surface area contributed by atoms with Crippen molar-refractivity contribution in [1.29, 1.82) is 0 Å². The summed E-state index contributed by atoms with van der Waals surface area (Å²) in [6.45, 7) is 0.147. The van der Waals surface area contributed by atoms with Crippen LogP contribution in [0.4, 0.5) is 0 Å². The van der Waals surface area contributed by atoms with Gasteiger partial charge >= 0.3 is 5.97 Å². The summed E-state index contributed by atoms with van der Waals surface area (Å²) in [5.41, 5.74) is 0.556. The molecule has 0 saturated carbocycles. The lowest BCUT2D eigenvalue weighted by Gasteiger charge is -2.00. The van der Waals surface area contributed by atoms with Gasteiger partial charge in [-0.25, -0.2) is 4.79 Å². The molecule has 1 heterocycles. The molecule has 0 unspecified atom stereocenters. The van der Waals surface area contributed by atoms with Gasteiger partial charge in [-0.2, -0.15) is 0 Å². The Morgan fingerprint density at radius 1 is 1.18 bits per heavy atom. The molecule has 0 spiro atoms. The van der Waals surface area contributed by atoms with E-state index in [1.807, 2.05) is 18.2 Å². The number of rotatable bonds is 2. The number of hydrogen-bond acceptors (Lipinski definition) is 2. The number of esters is 1. The first kappa shape index (κ1) is 11.6. The second-order valence-electron chi connectivity index (χ2n) is 3.32. The summed E-state index contributed by atoms with van der Waals surface area (Å²) in [4.78, 5) is 11.5. The van der Waals surface area contributed by atoms with Gasteiger partial charge in [0.1, 0.15) is 0 Å². The molecule has 2 nitrogen and oxygen atoms in total. The zero-order chi connectivity index (χ0) is 11.9. The van der Waals surface area contributed by atoms with Crippen LogP contribution in [0.1, 0.15) is 10.4 Å². The predicted octanol–water partition coefficient (Wildman–Crippen LogP) is 2.85. The van der Waals surface area contributed by atoms with E-state index in [1.165, 1.54) is 0 Å². The number of carbonyl (C=O) groups excluding carboxylic acids is 1. The molecule has 1 aliphatic rings. The highest BCUT2D eigenvalue weighted by molar-refractivity contribution is 8.26. The third-order valence-corrected chi connectivity index (χ3v) is 3.50. The van der Waals surface area contributed by atoms with E-state index in [9.17, 15) is 4.79 Å². The van der Waals surface area contributed by atoms with Crippen LogP contribution in [-0.4, -0.2) is 12.6 Å². The summed E-state index contributed by atoms with van der Waals surface area (Å²) in [5.74, 6) is 2.53. The zero-order valence-electron chi connectivity index (χ0n) is 9.17. The Morgan fingerprint density at radius 2 is 1.88 bits per heavy atom. The van der Waals surface area contributed by atoms with Gasteiger partial charge in [-0.1, -0.05) is 36.3 Å². The minimum Gasteiger partial charge on any atom is -0.449 e. The summed E-state index contributed by atoms with van der Waals surface area (Å²) in [5, 5.41) is 7.17. The van der Waals surface area contributed by atoms with Crippen LogP contribution in [0.3, 0.4) is 0 Å². The van der Waals surface area contributed by atoms with Gasteiger partial charge in [-0.15, -0.1) is 10.9 Å². The van der Waals surface area contributed by atoms with Crippen molar-refractivity contribution in [2.75, 3.05) is 6.61 Å². The van der Waals surface area contributed by atoms with Crippen LogP contribution in [0.5, 0.6) is 0 Å². The monoisotopic (exact) mass is 244 g/mol. The van der Waals surface area contributed by atoms with E-state index in [0.717, 1.165) is 0 Å². The van der Waals surface area contributed by atoms with Gasteiger partial charge in [-0.05, 0) is 28.2 Å². The van der Waals surface area contributed by atoms with Gasteiger partial charge in [0.15, 0.2) is 6.61 Å². The average Bonchev–Trinajstić information content (AvgIpc) is 2.88. The molecular formula is C14H12O2S. The van der Waals surface area contributed by atoms with E-state index in [0.29, 0.717) is 5.56 Å². The Hall–Kier alpha value is -1.92. The largest absolute Gasteiger partial charge is 0.449 e. The molecule has 0 amide bonds. The minimum atomic E-state index is -0.444. The molecule has 0 bridgehead atoms. The molecule has 1 aromatic rings. The van der Waals surface area contributed by atoms with E-state index in [2.05, 4.69) is 22.0 Å². The van der Waals surface area contributed by atoms with Gasteiger partial charge in [0.25, 0.3) is 0 Å². The molecule has 0 radical (unpaired) electrons. The lowest BCUT2D eigenvalue weighted by atomic mass is 10.2. The average molecular weight is 244 g/mol. The summed E-state index contributed by atoms with van der Waals surface area (Å²) in [6.07, 6.45) is 3.97. The van der Waals surface area contributed by atoms with Crippen LogP contribution in [0.25, 0.3) is 0 Å². The highest BCUT2D eigenvalue weighted by Crippen LogP contribution is 2.30. The molecular weight excluding hydrogens is 232 g/mol. The van der Waals surface area contributed by atoms with Crippen LogP contribution in [0, 0.1) is 11.2 Å². The summed E-state index contributed by atoms with van der Waals surface area (Å²) in [7, 11) is -0.444. The Bertz CT molecular complexity index is 494. The second-order valence-corrected chi connectivity index (χ2v) is 4.96. The number of ether oxygens (including phenoxy) is 1. The van der Waals surface area contributed by atoms with Crippen molar-refractivity contribution < 1.29 is 9.53 Å². The van der Waals surface area contributed by atoms with E-state index < -0.39 is 10.9 Å². The number of hydrogen-bond donors (Lipinski definition) is 1. The van der Waals surface area contributed by atoms with Gasteiger partial charge in [-0.3, -0.25) is 0 Å². The first-order chi connectivity index (χ1) is 8.36. The molecule has 0 aliphatic carbocycles. The van der Waals surface area contributed by atoms with Crippen molar-refractivity contribution in [2.24, 2.45) is 0 Å². The fraction of sp³-hybridized carbons (Fsp3) is 0.0714. The van der Waals surface area contributed by atoms with Crippen LogP contribution < -0.4 is 0 Å². The third kappa shape index (κ3) is 3.54. The van der Waals surface area contributed by atoms with Crippen molar-refractivity contribution in [3.8, 4) is 11.2 Å². The predicted molar refractivity (Wildman–Crippen MR) is 71.8 cm³/mol. The van der Waals surface area contributed by atoms with Gasteiger partial charge in [0.05, 0.1) is 5.56 Å². The Kier molecular flexibility index (Phi) is 4.06. The molecule has 0 saturated heterocycles. The maximum atomic E-state index is 11.5. The minimum absolute atomic E-state index is 0.147. The number of thiol groups is 1. The quantitative estimate of drug-likeness (QED) is 0.492. The molecule has 1 aromatic carbocycles. The zero-order valence-corrected chi connectivity index (χ0v) is 10.1. The Labute approximate surface area is 103 Å².